The molecule has 0 atom stereocenters. The van der Waals surface area contributed by atoms with Crippen molar-refractivity contribution in [3.63, 3.8) is 0 Å². The van der Waals surface area contributed by atoms with Crippen molar-refractivity contribution in [1.82, 2.24) is 9.88 Å². The van der Waals surface area contributed by atoms with Crippen LogP contribution in [-0.2, 0) is 6.54 Å². The first-order valence-corrected chi connectivity index (χ1v) is 9.04. The van der Waals surface area contributed by atoms with Crippen molar-refractivity contribution < 1.29 is 9.90 Å². The Morgan fingerprint density at radius 2 is 1.96 bits per heavy atom. The van der Waals surface area contributed by atoms with Crippen LogP contribution in [0.25, 0.3) is 10.9 Å². The Labute approximate surface area is 152 Å². The van der Waals surface area contributed by atoms with Crippen LogP contribution in [0, 0.1) is 0 Å². The molecule has 1 amide bonds. The summed E-state index contributed by atoms with van der Waals surface area (Å²) in [5.41, 5.74) is 9.66. The van der Waals surface area contributed by atoms with Crippen LogP contribution >= 0.6 is 0 Å². The second-order valence-corrected chi connectivity index (χ2v) is 6.97. The number of hydrogen-bond donors (Lipinski definition) is 3. The second kappa shape index (κ2) is 6.84. The second-order valence-electron chi connectivity index (χ2n) is 6.97. The minimum atomic E-state index is 0.0230. The summed E-state index contributed by atoms with van der Waals surface area (Å²) in [5.74, 6) is 0.705. The van der Waals surface area contributed by atoms with Gasteiger partial charge in [0.2, 0.25) is 0 Å². The van der Waals surface area contributed by atoms with Gasteiger partial charge < -0.3 is 20.7 Å². The number of rotatable bonds is 3. The number of carbonyl (C=O) groups excluding carboxylic acids is 1. The maximum absolute atomic E-state index is 12.8. The molecule has 4 rings (SSSR count). The maximum atomic E-state index is 12.8. The van der Waals surface area contributed by atoms with Gasteiger partial charge >= 0.3 is 0 Å². The Morgan fingerprint density at radius 3 is 2.73 bits per heavy atom. The molecule has 2 aromatic carbocycles. The van der Waals surface area contributed by atoms with Crippen molar-refractivity contribution in [1.29, 1.82) is 0 Å². The quantitative estimate of drug-likeness (QED) is 0.678. The van der Waals surface area contributed by atoms with Gasteiger partial charge in [0.1, 0.15) is 11.4 Å². The number of likely N-dealkylation sites (tertiary alicyclic amines) is 1. The van der Waals surface area contributed by atoms with E-state index in [4.69, 9.17) is 5.73 Å². The number of fused-ring (bicyclic) bond motifs is 1. The number of aromatic hydroxyl groups is 1. The molecule has 5 heteroatoms. The molecular formula is C21H23N3O2. The van der Waals surface area contributed by atoms with Gasteiger partial charge in [0, 0.05) is 30.5 Å². The molecule has 0 unspecified atom stereocenters. The number of carbonyl (C=O) groups is 1. The van der Waals surface area contributed by atoms with Crippen LogP contribution in [0.1, 0.15) is 40.4 Å². The first-order chi connectivity index (χ1) is 12.6. The molecule has 5 nitrogen and oxygen atoms in total. The van der Waals surface area contributed by atoms with Gasteiger partial charge in [0.05, 0.1) is 0 Å². The van der Waals surface area contributed by atoms with Crippen molar-refractivity contribution in [2.24, 2.45) is 5.73 Å². The van der Waals surface area contributed by atoms with Crippen LogP contribution in [0.2, 0.25) is 0 Å². The van der Waals surface area contributed by atoms with E-state index in [1.54, 1.807) is 18.2 Å². The van der Waals surface area contributed by atoms with Gasteiger partial charge in [0.25, 0.3) is 5.91 Å². The molecule has 0 spiro atoms. The summed E-state index contributed by atoms with van der Waals surface area (Å²) in [5, 5.41) is 10.4. The summed E-state index contributed by atoms with van der Waals surface area (Å²) < 4.78 is 0. The predicted octanol–water partition coefficient (Wildman–Crippen LogP) is 3.35. The molecule has 0 saturated carbocycles. The molecule has 0 bridgehead atoms. The van der Waals surface area contributed by atoms with Crippen molar-refractivity contribution >= 4 is 16.8 Å². The number of aromatic amines is 1. The number of piperidine rings is 1. The monoisotopic (exact) mass is 349 g/mol. The normalized spacial score (nSPS) is 15.5. The smallest absolute Gasteiger partial charge is 0.270 e. The molecule has 0 aliphatic carbocycles. The summed E-state index contributed by atoms with van der Waals surface area (Å²) in [7, 11) is 0. The average molecular weight is 349 g/mol. The number of benzene rings is 2. The van der Waals surface area contributed by atoms with Crippen LogP contribution < -0.4 is 5.73 Å². The minimum absolute atomic E-state index is 0.0230. The Hall–Kier alpha value is -2.79. The molecule has 0 radical (unpaired) electrons. The van der Waals surface area contributed by atoms with Crippen molar-refractivity contribution in [3.05, 3.63) is 65.4 Å². The molecule has 4 N–H and O–H groups in total. The Kier molecular flexibility index (Phi) is 4.39. The fourth-order valence-corrected chi connectivity index (χ4v) is 3.80. The van der Waals surface area contributed by atoms with Gasteiger partial charge in [-0.05, 0) is 54.2 Å². The Bertz CT molecular complexity index is 939. The molecule has 1 saturated heterocycles. The topological polar surface area (TPSA) is 82.3 Å². The van der Waals surface area contributed by atoms with E-state index < -0.39 is 0 Å². The molecule has 3 aromatic rings. The highest BCUT2D eigenvalue weighted by molar-refractivity contribution is 5.98. The number of nitrogens with one attached hydrogen (secondary N) is 1. The van der Waals surface area contributed by atoms with E-state index in [1.807, 2.05) is 11.0 Å². The van der Waals surface area contributed by atoms with E-state index in [1.165, 1.54) is 5.56 Å². The summed E-state index contributed by atoms with van der Waals surface area (Å²) in [6.45, 7) is 2.05. The number of H-pyrrole nitrogens is 1. The van der Waals surface area contributed by atoms with E-state index in [9.17, 15) is 9.90 Å². The van der Waals surface area contributed by atoms with Gasteiger partial charge in [-0.3, -0.25) is 4.79 Å². The SMILES string of the molecule is NCc1cccc(C2CCN(C(=O)c3cc4cc(O)ccc4[nH]3)CC2)c1. The third kappa shape index (κ3) is 3.18. The van der Waals surface area contributed by atoms with Gasteiger partial charge in [-0.25, -0.2) is 0 Å². The van der Waals surface area contributed by atoms with Crippen molar-refractivity contribution in [3.8, 4) is 5.75 Å². The molecule has 1 aromatic heterocycles. The summed E-state index contributed by atoms with van der Waals surface area (Å²) >= 11 is 0. The van der Waals surface area contributed by atoms with Gasteiger partial charge in [-0.2, -0.15) is 0 Å². The number of nitrogens with two attached hydrogens (primary N) is 1. The number of nitrogens with zero attached hydrogens (tertiary/aromatic N) is 1. The minimum Gasteiger partial charge on any atom is -0.508 e. The van der Waals surface area contributed by atoms with E-state index >= 15 is 0 Å². The first kappa shape index (κ1) is 16.7. The van der Waals surface area contributed by atoms with Gasteiger partial charge in [-0.1, -0.05) is 24.3 Å². The molecule has 134 valence electrons. The maximum Gasteiger partial charge on any atom is 0.270 e. The third-order valence-electron chi connectivity index (χ3n) is 5.28. The van der Waals surface area contributed by atoms with Crippen LogP contribution in [0.15, 0.2) is 48.5 Å². The number of amides is 1. The van der Waals surface area contributed by atoms with Crippen LogP contribution in [0.4, 0.5) is 0 Å². The fraction of sp³-hybridized carbons (Fsp3) is 0.286. The van der Waals surface area contributed by atoms with E-state index in [0.29, 0.717) is 18.2 Å². The molecule has 26 heavy (non-hydrogen) atoms. The zero-order valence-corrected chi connectivity index (χ0v) is 14.6. The highest BCUT2D eigenvalue weighted by Gasteiger charge is 2.25. The number of hydrogen-bond acceptors (Lipinski definition) is 3. The van der Waals surface area contributed by atoms with Crippen LogP contribution in [0.3, 0.4) is 0 Å². The molecule has 1 aliphatic heterocycles. The lowest BCUT2D eigenvalue weighted by atomic mass is 9.88. The molecule has 1 fully saturated rings. The summed E-state index contributed by atoms with van der Waals surface area (Å²) in [4.78, 5) is 17.9. The lowest BCUT2D eigenvalue weighted by Crippen LogP contribution is -2.38. The standard InChI is InChI=1S/C21H23N3O2/c22-13-14-2-1-3-16(10-14)15-6-8-24(9-7-15)21(26)20-12-17-11-18(25)4-5-19(17)23-20/h1-5,10-12,15,23,25H,6-9,13,22H2. The third-order valence-corrected chi connectivity index (χ3v) is 5.28. The van der Waals surface area contributed by atoms with Gasteiger partial charge in [-0.15, -0.1) is 0 Å². The number of aromatic nitrogens is 1. The molecule has 1 aliphatic rings. The average Bonchev–Trinajstić information content (AvgIpc) is 3.10. The predicted molar refractivity (Wildman–Crippen MR) is 102 cm³/mol. The lowest BCUT2D eigenvalue weighted by molar-refractivity contribution is 0.0708. The Morgan fingerprint density at radius 1 is 1.15 bits per heavy atom. The number of phenolic OH excluding ortho intramolecular Hbond substituents is 1. The largest absolute Gasteiger partial charge is 0.508 e. The highest BCUT2D eigenvalue weighted by Crippen LogP contribution is 2.29. The van der Waals surface area contributed by atoms with Crippen molar-refractivity contribution in [2.75, 3.05) is 13.1 Å². The zero-order valence-electron chi connectivity index (χ0n) is 14.6. The molecular weight excluding hydrogens is 326 g/mol. The fourth-order valence-electron chi connectivity index (χ4n) is 3.80. The van der Waals surface area contributed by atoms with E-state index in [2.05, 4.69) is 29.2 Å². The number of phenols is 1. The van der Waals surface area contributed by atoms with Crippen LogP contribution in [-0.4, -0.2) is 34.0 Å². The lowest BCUT2D eigenvalue weighted by Gasteiger charge is -2.32. The van der Waals surface area contributed by atoms with Crippen LogP contribution in [0.5, 0.6) is 5.75 Å². The molecule has 2 heterocycles. The van der Waals surface area contributed by atoms with Crippen molar-refractivity contribution in [2.45, 2.75) is 25.3 Å². The summed E-state index contributed by atoms with van der Waals surface area (Å²) in [6, 6.07) is 15.3. The highest BCUT2D eigenvalue weighted by atomic mass is 16.3. The van der Waals surface area contributed by atoms with E-state index in [-0.39, 0.29) is 11.7 Å². The Balaban J connectivity index is 1.45. The summed E-state index contributed by atoms with van der Waals surface area (Å²) in [6.07, 6.45) is 1.92. The first-order valence-electron chi connectivity index (χ1n) is 9.04. The zero-order chi connectivity index (χ0) is 18.1. The van der Waals surface area contributed by atoms with E-state index in [0.717, 1.165) is 42.4 Å². The van der Waals surface area contributed by atoms with Gasteiger partial charge in [0.15, 0.2) is 0 Å².